The van der Waals surface area contributed by atoms with Crippen LogP contribution in [0.3, 0.4) is 0 Å². The number of hydrogen-bond donors (Lipinski definition) is 3. The quantitative estimate of drug-likeness (QED) is 0.0718. The molecule has 6 aromatic rings. The van der Waals surface area contributed by atoms with Gasteiger partial charge in [0, 0.05) is 38.5 Å². The van der Waals surface area contributed by atoms with Crippen LogP contribution < -0.4 is 45.6 Å². The van der Waals surface area contributed by atoms with Gasteiger partial charge in [-0.25, -0.2) is 0 Å². The number of unbranched alkanes of at least 4 members (excludes halogenated alkanes) is 3. The molecule has 90 heavy (non-hydrogen) atoms. The Kier molecular flexibility index (Phi) is 23.3. The largest absolute Gasteiger partial charge is 0.496 e. The summed E-state index contributed by atoms with van der Waals surface area (Å²) >= 11 is 0. The van der Waals surface area contributed by atoms with Gasteiger partial charge in [-0.2, -0.15) is 0 Å². The summed E-state index contributed by atoms with van der Waals surface area (Å²) in [6.45, 7) is 45.1. The normalized spacial score (nSPS) is 13.6. The SMILES string of the molecule is COc1c2cc(C(C)(C)C)cc1Cc1cc(C(C)(C)C)cc(c1OCCCCN)Cc1cc(C(C)(C)C)cc(c1OC)Cc1cc(C(C)(C)C)cc(c1OCCCCN)Cc1cc(C(C)(C)C)cc(c1OC)Cc1cc(C(C)(C)C)cc(c1OCCCCN)C2. The second-order valence-corrected chi connectivity index (χ2v) is 31.9. The van der Waals surface area contributed by atoms with Crippen molar-refractivity contribution in [3.63, 3.8) is 0 Å². The van der Waals surface area contributed by atoms with Crippen LogP contribution in [-0.2, 0) is 71.0 Å². The van der Waals surface area contributed by atoms with Gasteiger partial charge in [0.1, 0.15) is 34.5 Å². The molecule has 0 spiro atoms. The van der Waals surface area contributed by atoms with Crippen LogP contribution in [0.2, 0.25) is 0 Å². The van der Waals surface area contributed by atoms with Crippen molar-refractivity contribution in [2.45, 2.75) is 234 Å². The zero-order chi connectivity index (χ0) is 66.3. The lowest BCUT2D eigenvalue weighted by molar-refractivity contribution is 0.302. The van der Waals surface area contributed by atoms with Gasteiger partial charge in [0.2, 0.25) is 0 Å². The van der Waals surface area contributed by atoms with E-state index in [1.165, 1.54) is 33.4 Å². The number of hydrogen-bond acceptors (Lipinski definition) is 9. The van der Waals surface area contributed by atoms with Gasteiger partial charge in [-0.1, -0.05) is 197 Å². The van der Waals surface area contributed by atoms with Crippen molar-refractivity contribution < 1.29 is 28.4 Å². The van der Waals surface area contributed by atoms with Crippen molar-refractivity contribution in [2.75, 3.05) is 60.8 Å². The van der Waals surface area contributed by atoms with E-state index in [9.17, 15) is 0 Å². The topological polar surface area (TPSA) is 133 Å². The Bertz CT molecular complexity index is 2920. The zero-order valence-electron chi connectivity index (χ0n) is 59.8. The van der Waals surface area contributed by atoms with Gasteiger partial charge < -0.3 is 45.6 Å². The molecule has 6 aromatic carbocycles. The van der Waals surface area contributed by atoms with E-state index in [2.05, 4.69) is 197 Å². The molecule has 1 aliphatic carbocycles. The number of rotatable bonds is 18. The van der Waals surface area contributed by atoms with Crippen molar-refractivity contribution in [1.29, 1.82) is 0 Å². The molecule has 0 heterocycles. The number of methoxy groups -OCH3 is 3. The lowest BCUT2D eigenvalue weighted by Gasteiger charge is -2.29. The van der Waals surface area contributed by atoms with Gasteiger partial charge in [0.25, 0.3) is 0 Å². The van der Waals surface area contributed by atoms with E-state index in [1.54, 1.807) is 0 Å². The van der Waals surface area contributed by atoms with Gasteiger partial charge in [-0.05, 0) is 191 Å². The van der Waals surface area contributed by atoms with E-state index in [1.807, 2.05) is 21.3 Å². The van der Waals surface area contributed by atoms with Crippen LogP contribution >= 0.6 is 0 Å². The maximum Gasteiger partial charge on any atom is 0.126 e. The average molecular weight is 1230 g/mol. The van der Waals surface area contributed by atoms with E-state index in [0.29, 0.717) is 78.0 Å². The fraction of sp³-hybridized carbons (Fsp3) is 0.556. The van der Waals surface area contributed by atoms with E-state index in [-0.39, 0.29) is 32.5 Å². The Morgan fingerprint density at radius 3 is 0.511 bits per heavy atom. The second kappa shape index (κ2) is 29.3. The molecule has 0 aliphatic heterocycles. The molecule has 9 heteroatoms. The molecule has 0 saturated heterocycles. The van der Waals surface area contributed by atoms with Gasteiger partial charge in [-0.15, -0.1) is 0 Å². The van der Waals surface area contributed by atoms with Crippen LogP contribution in [-0.4, -0.2) is 60.8 Å². The highest BCUT2D eigenvalue weighted by Gasteiger charge is 2.31. The van der Waals surface area contributed by atoms with Gasteiger partial charge >= 0.3 is 0 Å². The Labute approximate surface area is 545 Å². The van der Waals surface area contributed by atoms with E-state index in [4.69, 9.17) is 45.6 Å². The third-order valence-electron chi connectivity index (χ3n) is 18.1. The fourth-order valence-electron chi connectivity index (χ4n) is 12.5. The van der Waals surface area contributed by atoms with Crippen molar-refractivity contribution in [3.05, 3.63) is 173 Å². The molecule has 0 unspecified atom stereocenters. The third kappa shape index (κ3) is 17.8. The van der Waals surface area contributed by atoms with Crippen molar-refractivity contribution in [3.8, 4) is 34.5 Å². The van der Waals surface area contributed by atoms with Crippen LogP contribution in [0.15, 0.2) is 72.8 Å². The Balaban J connectivity index is 1.70. The molecule has 0 fully saturated rings. The van der Waals surface area contributed by atoms with Crippen molar-refractivity contribution >= 4 is 0 Å². The van der Waals surface area contributed by atoms with Crippen LogP contribution in [0.1, 0.15) is 263 Å². The third-order valence-corrected chi connectivity index (χ3v) is 18.1. The molecule has 0 radical (unpaired) electrons. The molecule has 1 aliphatic rings. The van der Waals surface area contributed by atoms with Crippen LogP contribution in [0.4, 0.5) is 0 Å². The monoisotopic (exact) mass is 1230 g/mol. The Hall–Kier alpha value is -6.00. The fourth-order valence-corrected chi connectivity index (χ4v) is 12.5. The minimum Gasteiger partial charge on any atom is -0.496 e. The molecule has 0 amide bonds. The van der Waals surface area contributed by atoms with E-state index in [0.717, 1.165) is 140 Å². The summed E-state index contributed by atoms with van der Waals surface area (Å²) in [4.78, 5) is 0. The first-order valence-corrected chi connectivity index (χ1v) is 33.7. The number of fused-ring (bicyclic) bond motifs is 12. The summed E-state index contributed by atoms with van der Waals surface area (Å²) < 4.78 is 42.1. The molecule has 6 N–H and O–H groups in total. The first-order chi connectivity index (χ1) is 42.1. The van der Waals surface area contributed by atoms with E-state index >= 15 is 0 Å². The van der Waals surface area contributed by atoms with Gasteiger partial charge in [0.15, 0.2) is 0 Å². The first-order valence-electron chi connectivity index (χ1n) is 33.7. The Morgan fingerprint density at radius 1 is 0.244 bits per heavy atom. The predicted molar refractivity (Wildman–Crippen MR) is 379 cm³/mol. The maximum absolute atomic E-state index is 7.24. The molecule has 9 nitrogen and oxygen atoms in total. The van der Waals surface area contributed by atoms with Crippen molar-refractivity contribution in [2.24, 2.45) is 17.2 Å². The summed E-state index contributed by atoms with van der Waals surface area (Å²) in [7, 11) is 5.52. The molecule has 0 saturated carbocycles. The number of ether oxygens (including phenoxy) is 6. The summed E-state index contributed by atoms with van der Waals surface area (Å²) in [5, 5.41) is 0. The van der Waals surface area contributed by atoms with Crippen LogP contribution in [0.25, 0.3) is 0 Å². The highest BCUT2D eigenvalue weighted by atomic mass is 16.5. The highest BCUT2D eigenvalue weighted by Crippen LogP contribution is 2.46. The lowest BCUT2D eigenvalue weighted by atomic mass is 9.79. The number of benzene rings is 6. The van der Waals surface area contributed by atoms with Gasteiger partial charge in [-0.3, -0.25) is 0 Å². The standard InChI is InChI=1S/C81H117N3O6/c1-76(2,3)64-40-52-34-58-46-67(79(10,11)12)48-60(73(58)88-31-25-22-28-82)36-54-42-65(77(4,5)6)44-56(71(54)86-20)38-62-50-69(81(16,17)18)51-63(75(62)90-33-27-24-30-84)39-57-45-66(78(7,8)9)43-55(72(57)87-21)37-61-49-68(80(13,14)15)47-59(35-53(41-64)70(52)85-19)74(61)89-32-26-23-29-83/h40-51H,22-39,82-84H2,1-21H3. The smallest absolute Gasteiger partial charge is 0.126 e. The minimum absolute atomic E-state index is 0.191. The number of nitrogens with two attached hydrogens (primary N) is 3. The van der Waals surface area contributed by atoms with Crippen LogP contribution in [0.5, 0.6) is 34.5 Å². The molecule has 0 atom stereocenters. The zero-order valence-corrected chi connectivity index (χ0v) is 59.8. The van der Waals surface area contributed by atoms with Crippen molar-refractivity contribution in [1.82, 2.24) is 0 Å². The maximum atomic E-state index is 7.24. The summed E-state index contributed by atoms with van der Waals surface area (Å²) in [6.07, 6.45) is 8.59. The molecule has 12 bridgehead atoms. The molecule has 492 valence electrons. The average Bonchev–Trinajstić information content (AvgIpc) is 0.789. The molecular weight excluding hydrogens is 1110 g/mol. The Morgan fingerprint density at radius 2 is 0.389 bits per heavy atom. The first kappa shape index (κ1) is 71.4. The highest BCUT2D eigenvalue weighted by molar-refractivity contribution is 5.61. The minimum atomic E-state index is -0.194. The van der Waals surface area contributed by atoms with E-state index < -0.39 is 0 Å². The summed E-state index contributed by atoms with van der Waals surface area (Å²) in [5.74, 6) is 5.34. The van der Waals surface area contributed by atoms with Gasteiger partial charge in [0.05, 0.1) is 41.2 Å². The van der Waals surface area contributed by atoms with Crippen LogP contribution in [0, 0.1) is 0 Å². The summed E-state index contributed by atoms with van der Waals surface area (Å²) in [5.41, 5.74) is 38.2. The molecule has 7 rings (SSSR count). The molecule has 0 aromatic heterocycles. The lowest BCUT2D eigenvalue weighted by Crippen LogP contribution is -2.17. The second-order valence-electron chi connectivity index (χ2n) is 31.9. The predicted octanol–water partition coefficient (Wildman–Crippen LogP) is 17.7. The summed E-state index contributed by atoms with van der Waals surface area (Å²) in [6, 6.07) is 28.7. The molecular formula is C81H117N3O6.